The molecule has 0 radical (unpaired) electrons. The number of unbranched alkanes of at least 4 members (excludes halogenated alkanes) is 1. The second kappa shape index (κ2) is 11.7. The molecule has 1 heterocycles. The van der Waals surface area contributed by atoms with E-state index >= 15 is 0 Å². The molecule has 32 heavy (non-hydrogen) atoms. The minimum Gasteiger partial charge on any atom is -0.482 e. The third-order valence-electron chi connectivity index (χ3n) is 4.67. The Morgan fingerprint density at radius 3 is 2.56 bits per heavy atom. The minimum atomic E-state index is -0.765. The van der Waals surface area contributed by atoms with Crippen molar-refractivity contribution in [3.8, 4) is 5.75 Å². The maximum Gasteiger partial charge on any atom is 0.344 e. The van der Waals surface area contributed by atoms with E-state index in [1.165, 1.54) is 4.57 Å². The Bertz CT molecular complexity index is 1060. The maximum atomic E-state index is 12.8. The number of amides is 1. The van der Waals surface area contributed by atoms with Gasteiger partial charge < -0.3 is 20.1 Å². The van der Waals surface area contributed by atoms with E-state index in [1.807, 2.05) is 26.8 Å². The molecule has 0 unspecified atom stereocenters. The van der Waals surface area contributed by atoms with Crippen molar-refractivity contribution >= 4 is 23.4 Å². The quantitative estimate of drug-likeness (QED) is 0.500. The number of esters is 1. The number of anilines is 2. The van der Waals surface area contributed by atoms with Crippen LogP contribution < -0.4 is 26.6 Å². The van der Waals surface area contributed by atoms with Crippen molar-refractivity contribution in [2.75, 3.05) is 30.4 Å². The molecule has 0 saturated heterocycles. The van der Waals surface area contributed by atoms with Gasteiger partial charge in [0.25, 0.3) is 11.5 Å². The smallest absolute Gasteiger partial charge is 0.344 e. The van der Waals surface area contributed by atoms with Crippen molar-refractivity contribution in [3.63, 3.8) is 0 Å². The van der Waals surface area contributed by atoms with E-state index < -0.39 is 29.7 Å². The van der Waals surface area contributed by atoms with Crippen LogP contribution in [0, 0.1) is 6.92 Å². The highest BCUT2D eigenvalue weighted by Gasteiger charge is 2.24. The van der Waals surface area contributed by atoms with Crippen molar-refractivity contribution < 1.29 is 19.1 Å². The second-order valence-corrected chi connectivity index (χ2v) is 7.31. The van der Waals surface area contributed by atoms with Gasteiger partial charge >= 0.3 is 11.7 Å². The number of aryl methyl sites for hydroxylation is 1. The number of hydrogen-bond acceptors (Lipinski definition) is 7. The summed E-state index contributed by atoms with van der Waals surface area (Å²) in [6.07, 6.45) is 1.94. The molecule has 1 amide bonds. The van der Waals surface area contributed by atoms with Gasteiger partial charge in [-0.15, -0.1) is 0 Å². The van der Waals surface area contributed by atoms with Gasteiger partial charge in [-0.3, -0.25) is 19.1 Å². The second-order valence-electron chi connectivity index (χ2n) is 7.31. The molecule has 1 aromatic carbocycles. The van der Waals surface area contributed by atoms with Gasteiger partial charge in [0.05, 0.1) is 0 Å². The van der Waals surface area contributed by atoms with Crippen LogP contribution >= 0.6 is 0 Å². The molecule has 2 rings (SSSR count). The summed E-state index contributed by atoms with van der Waals surface area (Å²) in [7, 11) is 0. The SMILES string of the molecule is CCCCN(C(=O)COC(=O)COc1cccc(C)c1)c1c(N)n(CCC)c(=O)[nH]c1=O. The van der Waals surface area contributed by atoms with Gasteiger partial charge in [0, 0.05) is 13.1 Å². The fraction of sp³-hybridized carbons (Fsp3) is 0.455. The summed E-state index contributed by atoms with van der Waals surface area (Å²) in [5.41, 5.74) is 5.53. The summed E-state index contributed by atoms with van der Waals surface area (Å²) in [4.78, 5) is 52.8. The first-order chi connectivity index (χ1) is 15.3. The first kappa shape index (κ1) is 24.7. The Labute approximate surface area is 185 Å². The molecule has 10 nitrogen and oxygen atoms in total. The lowest BCUT2D eigenvalue weighted by atomic mass is 10.2. The van der Waals surface area contributed by atoms with Crippen LogP contribution in [0.25, 0.3) is 0 Å². The average Bonchev–Trinajstić information content (AvgIpc) is 2.75. The Morgan fingerprint density at radius 1 is 1.16 bits per heavy atom. The number of nitrogens with zero attached hydrogens (tertiary/aromatic N) is 2. The van der Waals surface area contributed by atoms with Crippen LogP contribution in [-0.2, 0) is 20.9 Å². The van der Waals surface area contributed by atoms with Gasteiger partial charge in [-0.25, -0.2) is 9.59 Å². The number of hydrogen-bond donors (Lipinski definition) is 2. The molecule has 0 aliphatic rings. The molecule has 0 atom stereocenters. The van der Waals surface area contributed by atoms with Crippen LogP contribution in [0.5, 0.6) is 5.75 Å². The summed E-state index contributed by atoms with van der Waals surface area (Å²) in [6, 6.07) is 7.17. The monoisotopic (exact) mass is 446 g/mol. The lowest BCUT2D eigenvalue weighted by molar-refractivity contribution is -0.149. The zero-order valence-electron chi connectivity index (χ0n) is 18.7. The topological polar surface area (TPSA) is 137 Å². The Morgan fingerprint density at radius 2 is 1.91 bits per heavy atom. The third-order valence-corrected chi connectivity index (χ3v) is 4.67. The number of ether oxygens (including phenoxy) is 2. The molecule has 0 bridgehead atoms. The van der Waals surface area contributed by atoms with E-state index in [0.29, 0.717) is 18.6 Å². The largest absolute Gasteiger partial charge is 0.482 e. The summed E-state index contributed by atoms with van der Waals surface area (Å²) in [6.45, 7) is 5.19. The number of benzene rings is 1. The molecule has 0 aliphatic carbocycles. The van der Waals surface area contributed by atoms with Gasteiger partial charge in [-0.2, -0.15) is 0 Å². The molecule has 0 spiro atoms. The molecule has 174 valence electrons. The molecule has 0 aliphatic heterocycles. The van der Waals surface area contributed by atoms with Crippen LogP contribution in [0.2, 0.25) is 0 Å². The normalized spacial score (nSPS) is 10.6. The van der Waals surface area contributed by atoms with Crippen LogP contribution in [0.1, 0.15) is 38.7 Å². The number of aromatic amines is 1. The zero-order chi connectivity index (χ0) is 23.7. The molecular weight excluding hydrogens is 416 g/mol. The number of nitrogen functional groups attached to an aromatic ring is 1. The van der Waals surface area contributed by atoms with Gasteiger partial charge in [0.15, 0.2) is 18.9 Å². The van der Waals surface area contributed by atoms with E-state index in [4.69, 9.17) is 15.2 Å². The van der Waals surface area contributed by atoms with Gasteiger partial charge in [0.1, 0.15) is 11.6 Å². The number of carbonyl (C=O) groups excluding carboxylic acids is 2. The van der Waals surface area contributed by atoms with Crippen LogP contribution in [0.4, 0.5) is 11.5 Å². The minimum absolute atomic E-state index is 0.0980. The molecule has 0 saturated carbocycles. The first-order valence-electron chi connectivity index (χ1n) is 10.6. The molecule has 10 heteroatoms. The number of rotatable bonds is 11. The number of nitrogens with one attached hydrogen (secondary N) is 1. The van der Waals surface area contributed by atoms with Crippen LogP contribution in [0.3, 0.4) is 0 Å². The van der Waals surface area contributed by atoms with Crippen LogP contribution in [-0.4, -0.2) is 41.2 Å². The third kappa shape index (κ3) is 6.47. The number of aromatic nitrogens is 2. The highest BCUT2D eigenvalue weighted by molar-refractivity contribution is 5.97. The Balaban J connectivity index is 2.13. The van der Waals surface area contributed by atoms with Gasteiger partial charge in [0.2, 0.25) is 0 Å². The fourth-order valence-electron chi connectivity index (χ4n) is 3.07. The predicted molar refractivity (Wildman–Crippen MR) is 121 cm³/mol. The Kier molecular flexibility index (Phi) is 9.06. The van der Waals surface area contributed by atoms with E-state index in [9.17, 15) is 19.2 Å². The standard InChI is InChI=1S/C22H30N4O6/c1-4-6-11-25(19-20(23)26(10-5-2)22(30)24-21(19)29)17(27)13-32-18(28)14-31-16-9-7-8-15(3)12-16/h7-9,12H,4-6,10-11,13-14,23H2,1-3H3,(H,24,29,30). The van der Waals surface area contributed by atoms with E-state index in [0.717, 1.165) is 16.9 Å². The van der Waals surface area contributed by atoms with Crippen molar-refractivity contribution in [1.82, 2.24) is 9.55 Å². The van der Waals surface area contributed by atoms with Crippen LogP contribution in [0.15, 0.2) is 33.9 Å². The molecule has 1 aromatic heterocycles. The molecule has 2 aromatic rings. The molecule has 0 fully saturated rings. The molecular formula is C22H30N4O6. The summed E-state index contributed by atoms with van der Waals surface area (Å²) < 4.78 is 11.6. The first-order valence-corrected chi connectivity index (χ1v) is 10.6. The van der Waals surface area contributed by atoms with Crippen molar-refractivity contribution in [3.05, 3.63) is 50.7 Å². The van der Waals surface area contributed by atoms with Crippen molar-refractivity contribution in [2.24, 2.45) is 0 Å². The lowest BCUT2D eigenvalue weighted by Gasteiger charge is -2.24. The highest BCUT2D eigenvalue weighted by atomic mass is 16.6. The summed E-state index contributed by atoms with van der Waals surface area (Å²) in [5.74, 6) is -0.941. The predicted octanol–water partition coefficient (Wildman–Crippen LogP) is 1.59. The van der Waals surface area contributed by atoms with Crippen molar-refractivity contribution in [1.29, 1.82) is 0 Å². The van der Waals surface area contributed by atoms with Gasteiger partial charge in [-0.05, 0) is 37.5 Å². The zero-order valence-corrected chi connectivity index (χ0v) is 18.7. The summed E-state index contributed by atoms with van der Waals surface area (Å²) >= 11 is 0. The van der Waals surface area contributed by atoms with E-state index in [-0.39, 0.29) is 31.2 Å². The number of carbonyl (C=O) groups is 2. The molecule has 3 N–H and O–H groups in total. The van der Waals surface area contributed by atoms with Crippen molar-refractivity contribution in [2.45, 2.75) is 46.6 Å². The summed E-state index contributed by atoms with van der Waals surface area (Å²) in [5, 5.41) is 0. The van der Waals surface area contributed by atoms with E-state index in [1.54, 1.807) is 18.2 Å². The maximum absolute atomic E-state index is 12.8. The highest BCUT2D eigenvalue weighted by Crippen LogP contribution is 2.18. The fourth-order valence-corrected chi connectivity index (χ4v) is 3.07. The average molecular weight is 447 g/mol. The van der Waals surface area contributed by atoms with Gasteiger partial charge in [-0.1, -0.05) is 32.4 Å². The Hall–Kier alpha value is -3.56. The number of H-pyrrole nitrogens is 1. The lowest BCUT2D eigenvalue weighted by Crippen LogP contribution is -2.43. The van der Waals surface area contributed by atoms with E-state index in [2.05, 4.69) is 4.98 Å². The number of nitrogens with two attached hydrogens (primary N) is 1.